The zero-order valence-corrected chi connectivity index (χ0v) is 15.9. The van der Waals surface area contributed by atoms with E-state index in [1.54, 1.807) is 13.0 Å². The fraction of sp³-hybridized carbons (Fsp3) is 0.550. The molecule has 2 saturated heterocycles. The molecule has 26 heavy (non-hydrogen) atoms. The highest BCUT2D eigenvalue weighted by atomic mass is 35.5. The Morgan fingerprint density at radius 2 is 1.73 bits per heavy atom. The van der Waals surface area contributed by atoms with E-state index in [2.05, 4.69) is 16.8 Å². The lowest BCUT2D eigenvalue weighted by Crippen LogP contribution is -2.53. The van der Waals surface area contributed by atoms with Crippen molar-refractivity contribution in [3.05, 3.63) is 38.9 Å². The van der Waals surface area contributed by atoms with Gasteiger partial charge >= 0.3 is 0 Å². The molecule has 1 aliphatic carbocycles. The molecule has 2 unspecified atom stereocenters. The van der Waals surface area contributed by atoms with Crippen LogP contribution < -0.4 is 10.3 Å². The number of pyridine rings is 1. The maximum Gasteiger partial charge on any atom is 0.192 e. The summed E-state index contributed by atoms with van der Waals surface area (Å²) in [7, 11) is 2.12. The van der Waals surface area contributed by atoms with Gasteiger partial charge in [-0.15, -0.1) is 0 Å². The van der Waals surface area contributed by atoms with E-state index in [9.17, 15) is 4.79 Å². The molecule has 6 heteroatoms. The van der Waals surface area contributed by atoms with Gasteiger partial charge in [-0.25, -0.2) is 4.39 Å². The summed E-state index contributed by atoms with van der Waals surface area (Å²) in [5.74, 6) is -0.321. The van der Waals surface area contributed by atoms with Crippen molar-refractivity contribution in [2.45, 2.75) is 50.7 Å². The van der Waals surface area contributed by atoms with Gasteiger partial charge in [-0.3, -0.25) is 4.79 Å². The number of likely N-dealkylation sites (tertiary alicyclic amines) is 1. The predicted molar refractivity (Wildman–Crippen MR) is 103 cm³/mol. The smallest absolute Gasteiger partial charge is 0.192 e. The number of aromatic nitrogens is 1. The average Bonchev–Trinajstić information content (AvgIpc) is 3.39. The van der Waals surface area contributed by atoms with Gasteiger partial charge in [0.05, 0.1) is 21.6 Å². The summed E-state index contributed by atoms with van der Waals surface area (Å²) in [5, 5.41) is 0.770. The quantitative estimate of drug-likeness (QED) is 0.801. The van der Waals surface area contributed by atoms with Gasteiger partial charge in [0.25, 0.3) is 0 Å². The molecule has 1 saturated carbocycles. The fourth-order valence-corrected chi connectivity index (χ4v) is 5.21. The van der Waals surface area contributed by atoms with Gasteiger partial charge in [0.1, 0.15) is 0 Å². The second-order valence-corrected chi connectivity index (χ2v) is 8.62. The zero-order chi connectivity index (χ0) is 18.2. The van der Waals surface area contributed by atoms with Crippen LogP contribution in [0.15, 0.2) is 17.1 Å². The van der Waals surface area contributed by atoms with Gasteiger partial charge in [-0.05, 0) is 45.7 Å². The third-order valence-corrected chi connectivity index (χ3v) is 6.51. The van der Waals surface area contributed by atoms with Crippen LogP contribution in [0.3, 0.4) is 0 Å². The molecular formula is C20H23ClFN3O. The standard InChI is InChI=1S/C20H23ClFN3O/c1-11-8-24(12-3-4-12)18-15(20(11)26)7-16(21)19(17(18)22)25-13-5-6-14(25)10-23(2)9-13/h7-8,12-14H,3-6,9-10H2,1-2H3. The molecule has 138 valence electrons. The molecule has 2 aliphatic heterocycles. The van der Waals surface area contributed by atoms with E-state index < -0.39 is 0 Å². The van der Waals surface area contributed by atoms with Gasteiger partial charge in [-0.2, -0.15) is 0 Å². The normalized spacial score (nSPS) is 26.1. The molecule has 2 aromatic rings. The number of piperazine rings is 1. The second kappa shape index (κ2) is 5.70. The van der Waals surface area contributed by atoms with Gasteiger partial charge in [0, 0.05) is 43.0 Å². The number of rotatable bonds is 2. The second-order valence-electron chi connectivity index (χ2n) is 8.21. The first kappa shape index (κ1) is 16.6. The zero-order valence-electron chi connectivity index (χ0n) is 15.1. The molecule has 3 fully saturated rings. The van der Waals surface area contributed by atoms with Crippen molar-refractivity contribution in [2.24, 2.45) is 0 Å². The maximum absolute atomic E-state index is 15.8. The van der Waals surface area contributed by atoms with Gasteiger partial charge in [-0.1, -0.05) is 11.6 Å². The first-order chi connectivity index (χ1) is 12.5. The molecule has 5 rings (SSSR count). The topological polar surface area (TPSA) is 28.5 Å². The first-order valence-corrected chi connectivity index (χ1v) is 9.84. The Bertz CT molecular complexity index is 954. The Balaban J connectivity index is 1.76. The summed E-state index contributed by atoms with van der Waals surface area (Å²) < 4.78 is 17.8. The highest BCUT2D eigenvalue weighted by Gasteiger charge is 2.41. The van der Waals surface area contributed by atoms with Crippen molar-refractivity contribution in [3.63, 3.8) is 0 Å². The summed E-state index contributed by atoms with van der Waals surface area (Å²) >= 11 is 6.57. The third kappa shape index (κ3) is 2.33. The summed E-state index contributed by atoms with van der Waals surface area (Å²) in [6.45, 7) is 3.64. The van der Waals surface area contributed by atoms with Crippen LogP contribution in [0.4, 0.5) is 10.1 Å². The fourth-order valence-electron chi connectivity index (χ4n) is 4.92. The van der Waals surface area contributed by atoms with Crippen molar-refractivity contribution in [2.75, 3.05) is 25.0 Å². The maximum atomic E-state index is 15.8. The van der Waals surface area contributed by atoms with E-state index in [0.29, 0.717) is 33.2 Å². The van der Waals surface area contributed by atoms with E-state index in [1.807, 2.05) is 10.8 Å². The highest BCUT2D eigenvalue weighted by Crippen LogP contribution is 2.44. The number of benzene rings is 1. The minimum atomic E-state index is -0.321. The molecule has 3 heterocycles. The van der Waals surface area contributed by atoms with Crippen molar-refractivity contribution in [1.82, 2.24) is 9.47 Å². The molecule has 2 atom stereocenters. The number of nitrogens with zero attached hydrogens (tertiary/aromatic N) is 3. The van der Waals surface area contributed by atoms with Gasteiger partial charge in [0.15, 0.2) is 11.2 Å². The lowest BCUT2D eigenvalue weighted by molar-refractivity contribution is 0.263. The van der Waals surface area contributed by atoms with Crippen molar-refractivity contribution in [3.8, 4) is 0 Å². The monoisotopic (exact) mass is 375 g/mol. The largest absolute Gasteiger partial charge is 0.359 e. The third-order valence-electron chi connectivity index (χ3n) is 6.23. The SMILES string of the molecule is Cc1cn(C2CC2)c2c(F)c(N3C4CCC3CN(C)C4)c(Cl)cc2c1=O. The van der Waals surface area contributed by atoms with Crippen molar-refractivity contribution < 1.29 is 4.39 Å². The molecule has 2 bridgehead atoms. The molecule has 1 aromatic heterocycles. The number of hydrogen-bond donors (Lipinski definition) is 0. The minimum absolute atomic E-state index is 0.120. The Hall–Kier alpha value is -1.59. The van der Waals surface area contributed by atoms with Crippen molar-refractivity contribution >= 4 is 28.2 Å². The Kier molecular flexibility index (Phi) is 3.63. The summed E-state index contributed by atoms with van der Waals surface area (Å²) in [6.07, 6.45) is 6.02. The van der Waals surface area contributed by atoms with Crippen LogP contribution in [0.1, 0.15) is 37.3 Å². The van der Waals surface area contributed by atoms with Crippen LogP contribution in [-0.2, 0) is 0 Å². The molecule has 4 nitrogen and oxygen atoms in total. The Morgan fingerprint density at radius 1 is 1.12 bits per heavy atom. The number of likely N-dealkylation sites (N-methyl/N-ethyl adjacent to an activating group) is 1. The summed E-state index contributed by atoms with van der Waals surface area (Å²) in [5.41, 5.74) is 1.45. The average molecular weight is 376 g/mol. The number of fused-ring (bicyclic) bond motifs is 3. The molecular weight excluding hydrogens is 353 g/mol. The van der Waals surface area contributed by atoms with E-state index in [0.717, 1.165) is 38.8 Å². The molecule has 0 amide bonds. The van der Waals surface area contributed by atoms with Crippen LogP contribution in [0.2, 0.25) is 5.02 Å². The highest BCUT2D eigenvalue weighted by molar-refractivity contribution is 6.34. The Labute approximate surface area is 157 Å². The molecule has 1 aromatic carbocycles. The van der Waals surface area contributed by atoms with Crippen LogP contribution in [0.25, 0.3) is 10.9 Å². The number of anilines is 1. The van der Waals surface area contributed by atoms with E-state index in [1.165, 1.54) is 0 Å². The minimum Gasteiger partial charge on any atom is -0.359 e. The number of halogens is 2. The van der Waals surface area contributed by atoms with E-state index in [-0.39, 0.29) is 23.3 Å². The van der Waals surface area contributed by atoms with Crippen LogP contribution in [0.5, 0.6) is 0 Å². The van der Waals surface area contributed by atoms with E-state index >= 15 is 4.39 Å². The summed E-state index contributed by atoms with van der Waals surface area (Å²) in [4.78, 5) is 17.1. The van der Waals surface area contributed by atoms with Gasteiger partial charge in [0.2, 0.25) is 0 Å². The summed E-state index contributed by atoms with van der Waals surface area (Å²) in [6, 6.07) is 2.57. The molecule has 0 N–H and O–H groups in total. The predicted octanol–water partition coefficient (Wildman–Crippen LogP) is 3.72. The van der Waals surface area contributed by atoms with Crippen LogP contribution in [0, 0.1) is 12.7 Å². The Morgan fingerprint density at radius 3 is 2.35 bits per heavy atom. The van der Waals surface area contributed by atoms with Gasteiger partial charge < -0.3 is 14.4 Å². The number of hydrogen-bond acceptors (Lipinski definition) is 3. The van der Waals surface area contributed by atoms with E-state index in [4.69, 9.17) is 11.6 Å². The lowest BCUT2D eigenvalue weighted by atomic mass is 10.1. The van der Waals surface area contributed by atoms with Crippen LogP contribution >= 0.6 is 11.6 Å². The number of aryl methyl sites for hydroxylation is 1. The molecule has 0 spiro atoms. The molecule has 0 radical (unpaired) electrons. The lowest BCUT2D eigenvalue weighted by Gasteiger charge is -2.41. The first-order valence-electron chi connectivity index (χ1n) is 9.46. The van der Waals surface area contributed by atoms with Crippen molar-refractivity contribution in [1.29, 1.82) is 0 Å². The van der Waals surface area contributed by atoms with Crippen LogP contribution in [-0.4, -0.2) is 41.7 Å². The molecule has 3 aliphatic rings.